The number of hydrogen-bond acceptors (Lipinski definition) is 5. The van der Waals surface area contributed by atoms with Crippen LogP contribution in [0.5, 0.6) is 0 Å². The molecule has 0 aliphatic rings. The lowest BCUT2D eigenvalue weighted by Crippen LogP contribution is -2.38. The number of rotatable bonds is 11. The second-order valence-corrected chi connectivity index (χ2v) is 5.02. The highest BCUT2D eigenvalue weighted by molar-refractivity contribution is 5.20. The van der Waals surface area contributed by atoms with Crippen molar-refractivity contribution in [1.82, 2.24) is 14.7 Å². The molecule has 0 saturated heterocycles. The van der Waals surface area contributed by atoms with Crippen LogP contribution in [0.15, 0.2) is 6.20 Å². The molecule has 1 aromatic rings. The average Bonchev–Trinajstić information content (AvgIpc) is 2.78. The van der Waals surface area contributed by atoms with E-state index in [1.807, 2.05) is 32.5 Å². The molecule has 2 N–H and O–H groups in total. The number of aryl methyl sites for hydroxylation is 2. The van der Waals surface area contributed by atoms with Gasteiger partial charge in [0.25, 0.3) is 0 Å². The summed E-state index contributed by atoms with van der Waals surface area (Å²) in [5.74, 6) is 0. The van der Waals surface area contributed by atoms with Gasteiger partial charge in [-0.2, -0.15) is 5.10 Å². The van der Waals surface area contributed by atoms with Crippen LogP contribution in [0.1, 0.15) is 31.1 Å². The third-order valence-corrected chi connectivity index (χ3v) is 3.53. The van der Waals surface area contributed by atoms with Crippen molar-refractivity contribution in [2.75, 3.05) is 46.1 Å². The van der Waals surface area contributed by atoms with Gasteiger partial charge >= 0.3 is 0 Å². The Morgan fingerprint density at radius 1 is 1.24 bits per heavy atom. The smallest absolute Gasteiger partial charge is 0.0641 e. The van der Waals surface area contributed by atoms with Gasteiger partial charge in [0, 0.05) is 51.7 Å². The minimum absolute atomic E-state index is 0.152. The van der Waals surface area contributed by atoms with Crippen LogP contribution in [-0.2, 0) is 16.5 Å². The van der Waals surface area contributed by atoms with Gasteiger partial charge < -0.3 is 15.2 Å². The lowest BCUT2D eigenvalue weighted by atomic mass is 10.1. The molecule has 6 nitrogen and oxygen atoms in total. The minimum Gasteiger partial charge on any atom is -0.380 e. The highest BCUT2D eigenvalue weighted by atomic mass is 16.5. The molecule has 0 bridgehead atoms. The lowest BCUT2D eigenvalue weighted by Gasteiger charge is -2.30. The van der Waals surface area contributed by atoms with Crippen molar-refractivity contribution in [3.63, 3.8) is 0 Å². The first-order valence-corrected chi connectivity index (χ1v) is 7.73. The summed E-state index contributed by atoms with van der Waals surface area (Å²) in [6, 6.07) is 0.152. The summed E-state index contributed by atoms with van der Waals surface area (Å²) in [7, 11) is 1.94. The normalized spacial score (nSPS) is 13.0. The number of ether oxygens (including phenoxy) is 2. The van der Waals surface area contributed by atoms with Gasteiger partial charge in [-0.15, -0.1) is 0 Å². The molecule has 1 unspecified atom stereocenters. The molecule has 1 atom stereocenters. The monoisotopic (exact) mass is 298 g/mol. The van der Waals surface area contributed by atoms with Crippen LogP contribution in [0.3, 0.4) is 0 Å². The van der Waals surface area contributed by atoms with E-state index in [0.29, 0.717) is 19.8 Å². The third-order valence-electron chi connectivity index (χ3n) is 3.53. The summed E-state index contributed by atoms with van der Waals surface area (Å²) in [5.41, 5.74) is 8.25. The van der Waals surface area contributed by atoms with E-state index >= 15 is 0 Å². The van der Waals surface area contributed by atoms with Gasteiger partial charge in [0.05, 0.1) is 24.9 Å². The van der Waals surface area contributed by atoms with Gasteiger partial charge in [-0.05, 0) is 20.8 Å². The van der Waals surface area contributed by atoms with Crippen LogP contribution in [0.25, 0.3) is 0 Å². The second kappa shape index (κ2) is 9.89. The van der Waals surface area contributed by atoms with Crippen LogP contribution in [0.4, 0.5) is 0 Å². The summed E-state index contributed by atoms with van der Waals surface area (Å²) < 4.78 is 12.8. The van der Waals surface area contributed by atoms with Crippen LogP contribution >= 0.6 is 0 Å². The Bertz CT molecular complexity index is 385. The first kappa shape index (κ1) is 18.1. The first-order valence-electron chi connectivity index (χ1n) is 7.73. The van der Waals surface area contributed by atoms with E-state index in [0.717, 1.165) is 32.0 Å². The van der Waals surface area contributed by atoms with Crippen molar-refractivity contribution < 1.29 is 9.47 Å². The van der Waals surface area contributed by atoms with Crippen LogP contribution in [0.2, 0.25) is 0 Å². The van der Waals surface area contributed by atoms with Crippen molar-refractivity contribution >= 4 is 0 Å². The maximum Gasteiger partial charge on any atom is 0.0641 e. The van der Waals surface area contributed by atoms with E-state index in [2.05, 4.69) is 16.2 Å². The van der Waals surface area contributed by atoms with Crippen LogP contribution in [0, 0.1) is 6.92 Å². The Morgan fingerprint density at radius 3 is 2.19 bits per heavy atom. The van der Waals surface area contributed by atoms with Gasteiger partial charge in [-0.25, -0.2) is 0 Å². The SMILES string of the molecule is CCOCCN(CCOCC)C(CN)c1cn(C)nc1C. The highest BCUT2D eigenvalue weighted by Gasteiger charge is 2.22. The number of aromatic nitrogens is 2. The molecule has 21 heavy (non-hydrogen) atoms. The fourth-order valence-corrected chi connectivity index (χ4v) is 2.49. The zero-order valence-electron chi connectivity index (χ0n) is 13.8. The Labute approximate surface area is 128 Å². The van der Waals surface area contributed by atoms with E-state index in [9.17, 15) is 0 Å². The molecule has 0 fully saturated rings. The Hall–Kier alpha value is -0.950. The predicted octanol–water partition coefficient (Wildman–Crippen LogP) is 1.10. The van der Waals surface area contributed by atoms with E-state index in [-0.39, 0.29) is 6.04 Å². The largest absolute Gasteiger partial charge is 0.380 e. The third kappa shape index (κ3) is 5.74. The Morgan fingerprint density at radius 2 is 1.81 bits per heavy atom. The first-order chi connectivity index (χ1) is 10.1. The minimum atomic E-state index is 0.152. The summed E-state index contributed by atoms with van der Waals surface area (Å²) in [5, 5.41) is 4.43. The molecule has 1 aromatic heterocycles. The molecule has 0 aliphatic heterocycles. The molecule has 1 rings (SSSR count). The molecule has 6 heteroatoms. The van der Waals surface area contributed by atoms with Crippen LogP contribution in [-0.4, -0.2) is 60.7 Å². The van der Waals surface area contributed by atoms with E-state index in [1.54, 1.807) is 0 Å². The quantitative estimate of drug-likeness (QED) is 0.620. The molecule has 0 aromatic carbocycles. The molecular weight excluding hydrogens is 268 g/mol. The average molecular weight is 298 g/mol. The van der Waals surface area contributed by atoms with Gasteiger partial charge in [-0.1, -0.05) is 0 Å². The summed E-state index contributed by atoms with van der Waals surface area (Å²) in [6.07, 6.45) is 2.06. The van der Waals surface area contributed by atoms with E-state index in [4.69, 9.17) is 15.2 Å². The van der Waals surface area contributed by atoms with Crippen molar-refractivity contribution in [2.24, 2.45) is 12.8 Å². The standard InChI is InChI=1S/C15H30N4O2/c1-5-20-9-7-19(8-10-21-6-2)15(11-16)14-12-18(4)17-13(14)3/h12,15H,5-11,16H2,1-4H3. The van der Waals surface area contributed by atoms with Gasteiger partial charge in [-0.3, -0.25) is 9.58 Å². The molecule has 0 amide bonds. The van der Waals surface area contributed by atoms with Crippen molar-refractivity contribution in [1.29, 1.82) is 0 Å². The second-order valence-electron chi connectivity index (χ2n) is 5.02. The summed E-state index contributed by atoms with van der Waals surface area (Å²) in [6.45, 7) is 11.2. The fourth-order valence-electron chi connectivity index (χ4n) is 2.49. The number of nitrogens with two attached hydrogens (primary N) is 1. The molecule has 0 spiro atoms. The topological polar surface area (TPSA) is 65.5 Å². The van der Waals surface area contributed by atoms with E-state index in [1.165, 1.54) is 5.56 Å². The molecule has 1 heterocycles. The molecule has 122 valence electrons. The zero-order chi connectivity index (χ0) is 15.7. The van der Waals surface area contributed by atoms with Crippen LogP contribution < -0.4 is 5.73 Å². The molecular formula is C15H30N4O2. The Balaban J connectivity index is 2.77. The zero-order valence-corrected chi connectivity index (χ0v) is 13.8. The number of nitrogens with zero attached hydrogens (tertiary/aromatic N) is 3. The number of hydrogen-bond donors (Lipinski definition) is 1. The van der Waals surface area contributed by atoms with Crippen molar-refractivity contribution in [3.8, 4) is 0 Å². The fraction of sp³-hybridized carbons (Fsp3) is 0.800. The summed E-state index contributed by atoms with van der Waals surface area (Å²) >= 11 is 0. The van der Waals surface area contributed by atoms with Gasteiger partial charge in [0.1, 0.15) is 0 Å². The molecule has 0 aliphatic carbocycles. The van der Waals surface area contributed by atoms with E-state index < -0.39 is 0 Å². The summed E-state index contributed by atoms with van der Waals surface area (Å²) in [4.78, 5) is 2.33. The molecule has 0 radical (unpaired) electrons. The van der Waals surface area contributed by atoms with Crippen molar-refractivity contribution in [3.05, 3.63) is 17.5 Å². The maximum atomic E-state index is 6.03. The Kier molecular flexibility index (Phi) is 8.52. The van der Waals surface area contributed by atoms with Gasteiger partial charge in [0.2, 0.25) is 0 Å². The molecule has 0 saturated carbocycles. The maximum absolute atomic E-state index is 6.03. The lowest BCUT2D eigenvalue weighted by molar-refractivity contribution is 0.0639. The van der Waals surface area contributed by atoms with Gasteiger partial charge in [0.15, 0.2) is 0 Å². The highest BCUT2D eigenvalue weighted by Crippen LogP contribution is 2.22. The van der Waals surface area contributed by atoms with Crippen molar-refractivity contribution in [2.45, 2.75) is 26.8 Å². The predicted molar refractivity (Wildman–Crippen MR) is 84.3 cm³/mol.